The van der Waals surface area contributed by atoms with Crippen molar-refractivity contribution in [3.05, 3.63) is 144 Å². The van der Waals surface area contributed by atoms with Gasteiger partial charge in [-0.2, -0.15) is 0 Å². The number of fused-ring (bicyclic) bond motifs is 8. The van der Waals surface area contributed by atoms with Crippen LogP contribution in [0.15, 0.2) is 121 Å². The van der Waals surface area contributed by atoms with Gasteiger partial charge in [-0.1, -0.05) is 48.5 Å². The van der Waals surface area contributed by atoms with Crippen LogP contribution in [0.4, 0.5) is 0 Å². The van der Waals surface area contributed by atoms with E-state index in [1.165, 1.54) is 27.7 Å². The van der Waals surface area contributed by atoms with Gasteiger partial charge in [-0.25, -0.2) is 9.97 Å². The fraction of sp³-hybridized carbons (Fsp3) is 0.250. The molecule has 0 aliphatic carbocycles. The summed E-state index contributed by atoms with van der Waals surface area (Å²) in [5.74, 6) is -2.71. The van der Waals surface area contributed by atoms with Gasteiger partial charge in [0.1, 0.15) is 44.7 Å². The Labute approximate surface area is 481 Å². The quantitative estimate of drug-likeness (QED) is 0.0274. The minimum Gasteiger partial charge on any atom is -0.426 e. The van der Waals surface area contributed by atoms with Crippen molar-refractivity contribution in [2.45, 2.75) is 27.7 Å². The van der Waals surface area contributed by atoms with Crippen LogP contribution in [0.1, 0.15) is 50.5 Å². The van der Waals surface area contributed by atoms with Crippen molar-refractivity contribution < 1.29 is 79.0 Å². The van der Waals surface area contributed by atoms with Crippen LogP contribution in [0.3, 0.4) is 0 Å². The third-order valence-electron chi connectivity index (χ3n) is 14.9. The zero-order valence-corrected chi connectivity index (χ0v) is 46.3. The van der Waals surface area contributed by atoms with Crippen molar-refractivity contribution >= 4 is 70.2 Å². The number of nitrogens with one attached hydrogen (secondary N) is 2. The second-order valence-corrected chi connectivity index (χ2v) is 21.7. The number of aliphatic hydroxyl groups is 8. The highest BCUT2D eigenvalue weighted by atomic mass is 16.6. The average Bonchev–Trinajstić information content (AvgIpc) is 4.11. The molecule has 0 amide bonds. The summed E-state index contributed by atoms with van der Waals surface area (Å²) in [4.78, 5) is 70.2. The predicted molar refractivity (Wildman–Crippen MR) is 312 cm³/mol. The van der Waals surface area contributed by atoms with Crippen LogP contribution >= 0.6 is 0 Å². The Balaban J connectivity index is 1.30. The molecule has 0 saturated carbocycles. The largest absolute Gasteiger partial charge is 0.426 e. The third-order valence-corrected chi connectivity index (χ3v) is 14.9. The van der Waals surface area contributed by atoms with E-state index in [9.17, 15) is 60.0 Å². The first-order valence-corrected chi connectivity index (χ1v) is 26.6. The van der Waals surface area contributed by atoms with Gasteiger partial charge in [0.25, 0.3) is 0 Å². The first-order chi connectivity index (χ1) is 40.3. The Hall–Kier alpha value is -8.96. The standard InChI is InChI=1S/C64H62N4O16/c1-61(29-69,30-70)57(77)81-41-13-5-37(6-14-41)53-45-21-23-47(65-45)54(38-7-15-42(16-8-38)82-58(78)62(2,31-71)32-72)49-25-27-51(67-49)56(40-11-19-44(20-12-40)84-60(80)64(4,35-75)36-76)52-28-26-50(68-52)55(48-24-22-46(53)66-48)39-9-17-43(18-10-39)83-59(79)63(3,33-73)34-74/h5-28,65,68-76H,29-36H2,1-4H3. The Morgan fingerprint density at radius 3 is 0.667 bits per heavy atom. The van der Waals surface area contributed by atoms with Crippen molar-refractivity contribution in [1.29, 1.82) is 0 Å². The average molecular weight is 1140 g/mol. The number of ether oxygens (including phenoxy) is 4. The Bertz CT molecular complexity index is 3360. The summed E-state index contributed by atoms with van der Waals surface area (Å²) in [7, 11) is 0. The summed E-state index contributed by atoms with van der Waals surface area (Å²) in [6, 6.07) is 34.1. The summed E-state index contributed by atoms with van der Waals surface area (Å²) >= 11 is 0. The minimum atomic E-state index is -1.56. The van der Waals surface area contributed by atoms with Gasteiger partial charge in [0.2, 0.25) is 0 Å². The van der Waals surface area contributed by atoms with Gasteiger partial charge in [0.15, 0.2) is 0 Å². The topological polar surface area (TPSA) is 324 Å². The van der Waals surface area contributed by atoms with Gasteiger partial charge in [-0.15, -0.1) is 0 Å². The Morgan fingerprint density at radius 1 is 0.321 bits per heavy atom. The SMILES string of the molecule is CC(CO)(CO)C(=O)Oc1ccc(-c2c3nc(c(-c4ccc(OC(=O)C(C)(CO)CO)cc4)c4ccc([nH]4)c(-c4ccc(OC(=O)C(C)(CO)CO)cc4)c4nc(c(-c5ccc(OC(=O)C(C)(CO)CO)cc5)c5ccc2[nH]5)C=C4)C=C3)cc1. The summed E-state index contributed by atoms with van der Waals surface area (Å²) < 4.78 is 22.5. The Kier molecular flexibility index (Phi) is 17.4. The van der Waals surface area contributed by atoms with Crippen molar-refractivity contribution in [3.8, 4) is 67.5 Å². The van der Waals surface area contributed by atoms with Crippen molar-refractivity contribution in [2.24, 2.45) is 21.7 Å². The maximum atomic E-state index is 13.1. The van der Waals surface area contributed by atoms with E-state index in [-0.39, 0.29) is 23.0 Å². The number of esters is 4. The molecule has 0 fully saturated rings. The van der Waals surface area contributed by atoms with E-state index in [0.29, 0.717) is 89.4 Å². The molecule has 0 radical (unpaired) electrons. The molecule has 20 nitrogen and oxygen atoms in total. The predicted octanol–water partition coefficient (Wildman–Crippen LogP) is 6.91. The summed E-state index contributed by atoms with van der Waals surface area (Å²) in [6.07, 6.45) is 7.39. The molecule has 9 rings (SSSR count). The zero-order valence-electron chi connectivity index (χ0n) is 46.3. The van der Waals surface area contributed by atoms with Crippen LogP contribution in [0.2, 0.25) is 0 Å². The van der Waals surface area contributed by atoms with Gasteiger partial charge < -0.3 is 69.8 Å². The normalized spacial score (nSPS) is 12.5. The lowest BCUT2D eigenvalue weighted by Crippen LogP contribution is -2.38. The Morgan fingerprint density at radius 2 is 0.500 bits per heavy atom. The lowest BCUT2D eigenvalue weighted by Gasteiger charge is -2.22. The van der Waals surface area contributed by atoms with E-state index < -0.39 is 98.4 Å². The number of H-pyrrole nitrogens is 2. The molecule has 2 aliphatic heterocycles. The van der Waals surface area contributed by atoms with Crippen molar-refractivity contribution in [3.63, 3.8) is 0 Å². The number of aliphatic hydroxyl groups excluding tert-OH is 8. The van der Waals surface area contributed by atoms with Gasteiger partial charge in [-0.3, -0.25) is 19.2 Å². The first-order valence-electron chi connectivity index (χ1n) is 26.6. The van der Waals surface area contributed by atoms with Crippen LogP contribution in [0, 0.1) is 21.7 Å². The molecule has 0 atom stereocenters. The molecule has 8 bridgehead atoms. The second kappa shape index (κ2) is 24.5. The number of rotatable bonds is 20. The van der Waals surface area contributed by atoms with Gasteiger partial charge in [0.05, 0.1) is 75.6 Å². The molecule has 0 saturated heterocycles. The smallest absolute Gasteiger partial charge is 0.321 e. The number of aromatic nitrogens is 4. The number of benzene rings is 4. The lowest BCUT2D eigenvalue weighted by atomic mass is 9.93. The summed E-state index contributed by atoms with van der Waals surface area (Å²) in [5.41, 5.74) is 3.03. The third kappa shape index (κ3) is 11.8. The molecule has 84 heavy (non-hydrogen) atoms. The lowest BCUT2D eigenvalue weighted by molar-refractivity contribution is -0.150. The minimum absolute atomic E-state index is 0.151. The molecule has 5 heterocycles. The highest BCUT2D eigenvalue weighted by Crippen LogP contribution is 2.40. The molecule has 20 heteroatoms. The highest BCUT2D eigenvalue weighted by molar-refractivity contribution is 6.00. The number of carbonyl (C=O) groups excluding carboxylic acids is 4. The van der Waals surface area contributed by atoms with E-state index in [4.69, 9.17) is 28.9 Å². The van der Waals surface area contributed by atoms with E-state index in [0.717, 1.165) is 0 Å². The fourth-order valence-electron chi connectivity index (χ4n) is 8.82. The van der Waals surface area contributed by atoms with Crippen molar-refractivity contribution in [1.82, 2.24) is 19.9 Å². The van der Waals surface area contributed by atoms with E-state index >= 15 is 0 Å². The van der Waals surface area contributed by atoms with Crippen LogP contribution in [-0.2, 0) is 19.2 Å². The number of carbonyl (C=O) groups is 4. The molecule has 0 unspecified atom stereocenters. The maximum Gasteiger partial charge on any atom is 0.321 e. The molecular formula is C64H62N4O16. The van der Waals surface area contributed by atoms with Crippen LogP contribution in [0.5, 0.6) is 23.0 Å². The summed E-state index contributed by atoms with van der Waals surface area (Å²) in [5, 5.41) is 79.1. The number of nitrogens with zero attached hydrogens (tertiary/aromatic N) is 2. The van der Waals surface area contributed by atoms with Crippen molar-refractivity contribution in [2.75, 3.05) is 52.9 Å². The van der Waals surface area contributed by atoms with E-state index in [1.807, 2.05) is 48.6 Å². The highest BCUT2D eigenvalue weighted by Gasteiger charge is 2.37. The molecule has 434 valence electrons. The number of aromatic amines is 2. The molecule has 4 aromatic carbocycles. The molecule has 2 aliphatic rings. The van der Waals surface area contributed by atoms with Gasteiger partial charge in [-0.05, 0) is 147 Å². The maximum absolute atomic E-state index is 13.1. The van der Waals surface area contributed by atoms with Crippen LogP contribution in [-0.4, -0.2) is 138 Å². The van der Waals surface area contributed by atoms with E-state index in [2.05, 4.69) is 9.97 Å². The summed E-state index contributed by atoms with van der Waals surface area (Å²) in [6.45, 7) is 0.383. The monoisotopic (exact) mass is 1140 g/mol. The second-order valence-electron chi connectivity index (χ2n) is 21.7. The molecule has 0 spiro atoms. The number of hydrogen-bond donors (Lipinski definition) is 10. The molecular weight excluding hydrogens is 1080 g/mol. The van der Waals surface area contributed by atoms with Crippen LogP contribution in [0.25, 0.3) is 90.9 Å². The molecule has 7 aromatic rings. The molecule has 10 N–H and O–H groups in total. The fourth-order valence-corrected chi connectivity index (χ4v) is 8.82. The van der Waals surface area contributed by atoms with Crippen LogP contribution < -0.4 is 18.9 Å². The first kappa shape index (κ1) is 59.7. The van der Waals surface area contributed by atoms with Gasteiger partial charge >= 0.3 is 23.9 Å². The van der Waals surface area contributed by atoms with E-state index in [1.54, 1.807) is 97.1 Å². The van der Waals surface area contributed by atoms with Gasteiger partial charge in [0, 0.05) is 44.3 Å². The zero-order chi connectivity index (χ0) is 60.1. The molecule has 3 aromatic heterocycles. The number of hydrogen-bond acceptors (Lipinski definition) is 18.